The number of sulfonamides is 1. The maximum Gasteiger partial charge on any atom is 0.223 e. The van der Waals surface area contributed by atoms with E-state index in [0.717, 1.165) is 16.7 Å². The lowest BCUT2D eigenvalue weighted by Crippen LogP contribution is -2.43. The van der Waals surface area contributed by atoms with Gasteiger partial charge in [-0.3, -0.25) is 4.79 Å². The molecular formula is C26H36N2O3S. The Balaban J connectivity index is 1.54. The van der Waals surface area contributed by atoms with Gasteiger partial charge in [0.05, 0.1) is 11.8 Å². The molecule has 1 atom stereocenters. The quantitative estimate of drug-likeness (QED) is 0.684. The van der Waals surface area contributed by atoms with Crippen LogP contribution in [0.25, 0.3) is 0 Å². The number of piperidine rings is 1. The Kier molecular flexibility index (Phi) is 7.46. The Morgan fingerprint density at radius 1 is 1.06 bits per heavy atom. The highest BCUT2D eigenvalue weighted by atomic mass is 32.2. The molecule has 1 N–H and O–H groups in total. The standard InChI is InChI=1S/C26H36N2O3S/c1-19-8-6-7-9-23(19)18-32(30,31)28-16-14-22(15-17-28)25(29)27-20(2)21-10-12-24(13-11-21)26(3,4)5/h6-13,20,22H,14-18H2,1-5H3,(H,27,29). The summed E-state index contributed by atoms with van der Waals surface area (Å²) in [4.78, 5) is 12.8. The zero-order chi connectivity index (χ0) is 23.5. The summed E-state index contributed by atoms with van der Waals surface area (Å²) in [5, 5.41) is 3.12. The van der Waals surface area contributed by atoms with Gasteiger partial charge in [0, 0.05) is 19.0 Å². The molecule has 1 amide bonds. The first kappa shape index (κ1) is 24.5. The molecule has 1 aliphatic rings. The highest BCUT2D eigenvalue weighted by Crippen LogP contribution is 2.26. The molecule has 174 valence electrons. The van der Waals surface area contributed by atoms with E-state index in [4.69, 9.17) is 0 Å². The molecule has 2 aromatic rings. The third-order valence-electron chi connectivity index (χ3n) is 6.45. The molecule has 0 aliphatic carbocycles. The third kappa shape index (κ3) is 5.99. The van der Waals surface area contributed by atoms with Gasteiger partial charge in [-0.15, -0.1) is 0 Å². The lowest BCUT2D eigenvalue weighted by atomic mass is 9.86. The molecule has 5 nitrogen and oxygen atoms in total. The maximum absolute atomic E-state index is 12.9. The smallest absolute Gasteiger partial charge is 0.223 e. The lowest BCUT2D eigenvalue weighted by Gasteiger charge is -2.31. The molecule has 0 aromatic heterocycles. The number of benzene rings is 2. The zero-order valence-corrected chi connectivity index (χ0v) is 20.7. The van der Waals surface area contributed by atoms with E-state index in [1.165, 1.54) is 9.87 Å². The Labute approximate surface area is 193 Å². The largest absolute Gasteiger partial charge is 0.349 e. The van der Waals surface area contributed by atoms with Crippen molar-refractivity contribution in [3.63, 3.8) is 0 Å². The van der Waals surface area contributed by atoms with Crippen molar-refractivity contribution in [2.75, 3.05) is 13.1 Å². The highest BCUT2D eigenvalue weighted by Gasteiger charge is 2.31. The Bertz CT molecular complexity index is 1030. The van der Waals surface area contributed by atoms with Crippen molar-refractivity contribution in [2.24, 2.45) is 5.92 Å². The van der Waals surface area contributed by atoms with Crippen LogP contribution in [0.15, 0.2) is 48.5 Å². The highest BCUT2D eigenvalue weighted by molar-refractivity contribution is 7.88. The molecule has 0 saturated carbocycles. The van der Waals surface area contributed by atoms with Crippen molar-refractivity contribution in [1.82, 2.24) is 9.62 Å². The minimum Gasteiger partial charge on any atom is -0.349 e. The Morgan fingerprint density at radius 2 is 1.66 bits per heavy atom. The number of nitrogens with one attached hydrogen (secondary N) is 1. The van der Waals surface area contributed by atoms with Crippen molar-refractivity contribution in [2.45, 2.75) is 64.7 Å². The molecule has 1 unspecified atom stereocenters. The molecule has 2 aromatic carbocycles. The molecule has 0 radical (unpaired) electrons. The normalized spacial score (nSPS) is 17.2. The van der Waals surface area contributed by atoms with Crippen LogP contribution in [0.4, 0.5) is 0 Å². The number of carbonyl (C=O) groups excluding carboxylic acids is 1. The van der Waals surface area contributed by atoms with Crippen LogP contribution in [0, 0.1) is 12.8 Å². The van der Waals surface area contributed by atoms with E-state index in [9.17, 15) is 13.2 Å². The summed E-state index contributed by atoms with van der Waals surface area (Å²) in [5.41, 5.74) is 4.25. The molecule has 1 fully saturated rings. The molecule has 3 rings (SSSR count). The summed E-state index contributed by atoms with van der Waals surface area (Å²) < 4.78 is 27.3. The summed E-state index contributed by atoms with van der Waals surface area (Å²) in [6.07, 6.45) is 1.10. The predicted octanol–water partition coefficient (Wildman–Crippen LogP) is 4.71. The van der Waals surface area contributed by atoms with Crippen molar-refractivity contribution >= 4 is 15.9 Å². The fraction of sp³-hybridized carbons (Fsp3) is 0.500. The van der Waals surface area contributed by atoms with Gasteiger partial charge in [0.15, 0.2) is 0 Å². The average molecular weight is 457 g/mol. The number of rotatable bonds is 6. The number of amides is 1. The van der Waals surface area contributed by atoms with Crippen LogP contribution in [0.3, 0.4) is 0 Å². The predicted molar refractivity (Wildman–Crippen MR) is 130 cm³/mol. The van der Waals surface area contributed by atoms with Crippen LogP contribution >= 0.6 is 0 Å². The van der Waals surface area contributed by atoms with Gasteiger partial charge in [-0.25, -0.2) is 12.7 Å². The van der Waals surface area contributed by atoms with E-state index in [1.807, 2.05) is 38.1 Å². The molecule has 1 saturated heterocycles. The van der Waals surface area contributed by atoms with Gasteiger partial charge < -0.3 is 5.32 Å². The first-order chi connectivity index (χ1) is 15.0. The first-order valence-electron chi connectivity index (χ1n) is 11.4. The fourth-order valence-electron chi connectivity index (χ4n) is 4.14. The minimum absolute atomic E-state index is 0.00773. The van der Waals surface area contributed by atoms with Gasteiger partial charge in [-0.05, 0) is 54.4 Å². The van der Waals surface area contributed by atoms with E-state index >= 15 is 0 Å². The van der Waals surface area contributed by atoms with Crippen LogP contribution in [0.2, 0.25) is 0 Å². The molecule has 6 heteroatoms. The van der Waals surface area contributed by atoms with Gasteiger partial charge in [0.2, 0.25) is 15.9 Å². The van der Waals surface area contributed by atoms with Crippen LogP contribution in [0.5, 0.6) is 0 Å². The average Bonchev–Trinajstić information content (AvgIpc) is 2.75. The number of hydrogen-bond acceptors (Lipinski definition) is 3. The summed E-state index contributed by atoms with van der Waals surface area (Å²) in [7, 11) is -3.39. The maximum atomic E-state index is 12.9. The minimum atomic E-state index is -3.39. The summed E-state index contributed by atoms with van der Waals surface area (Å²) in [6, 6.07) is 15.9. The number of nitrogens with zero attached hydrogens (tertiary/aromatic N) is 1. The van der Waals surface area contributed by atoms with Gasteiger partial charge >= 0.3 is 0 Å². The molecule has 32 heavy (non-hydrogen) atoms. The first-order valence-corrected chi connectivity index (χ1v) is 13.0. The number of aryl methyl sites for hydroxylation is 1. The van der Waals surface area contributed by atoms with E-state index in [2.05, 4.69) is 50.4 Å². The second kappa shape index (κ2) is 9.75. The van der Waals surface area contributed by atoms with E-state index in [1.54, 1.807) is 0 Å². The van der Waals surface area contributed by atoms with E-state index in [-0.39, 0.29) is 29.0 Å². The molecule has 0 spiro atoms. The van der Waals surface area contributed by atoms with Crippen molar-refractivity contribution in [3.05, 3.63) is 70.8 Å². The Hall–Kier alpha value is -2.18. The third-order valence-corrected chi connectivity index (χ3v) is 8.28. The summed E-state index contributed by atoms with van der Waals surface area (Å²) >= 11 is 0. The SMILES string of the molecule is Cc1ccccc1CS(=O)(=O)N1CCC(C(=O)NC(C)c2ccc(C(C)(C)C)cc2)CC1. The lowest BCUT2D eigenvalue weighted by molar-refractivity contribution is -0.126. The van der Waals surface area contributed by atoms with Gasteiger partial charge in [0.1, 0.15) is 0 Å². The molecule has 1 heterocycles. The van der Waals surface area contributed by atoms with Crippen molar-refractivity contribution < 1.29 is 13.2 Å². The number of carbonyl (C=O) groups is 1. The van der Waals surface area contributed by atoms with Crippen molar-refractivity contribution in [1.29, 1.82) is 0 Å². The second-order valence-corrected chi connectivity index (χ2v) is 11.9. The monoisotopic (exact) mass is 456 g/mol. The van der Waals surface area contributed by atoms with E-state index < -0.39 is 10.0 Å². The second-order valence-electron chi connectivity index (χ2n) is 9.96. The molecule has 1 aliphatic heterocycles. The topological polar surface area (TPSA) is 66.5 Å². The molecule has 0 bridgehead atoms. The fourth-order valence-corrected chi connectivity index (χ4v) is 5.81. The summed E-state index contributed by atoms with van der Waals surface area (Å²) in [6.45, 7) is 11.2. The van der Waals surface area contributed by atoms with Gasteiger partial charge in [-0.2, -0.15) is 0 Å². The van der Waals surface area contributed by atoms with Crippen molar-refractivity contribution in [3.8, 4) is 0 Å². The van der Waals surface area contributed by atoms with Gasteiger partial charge in [0.25, 0.3) is 0 Å². The van der Waals surface area contributed by atoms with E-state index in [0.29, 0.717) is 25.9 Å². The van der Waals surface area contributed by atoms with Crippen LogP contribution < -0.4 is 5.32 Å². The Morgan fingerprint density at radius 3 is 2.22 bits per heavy atom. The van der Waals surface area contributed by atoms with Gasteiger partial charge in [-0.1, -0.05) is 69.3 Å². The van der Waals surface area contributed by atoms with Crippen LogP contribution in [0.1, 0.15) is 68.8 Å². The summed E-state index contributed by atoms with van der Waals surface area (Å²) in [5.74, 6) is -0.137. The number of hydrogen-bond donors (Lipinski definition) is 1. The molecular weight excluding hydrogens is 420 g/mol. The van der Waals surface area contributed by atoms with Crippen LogP contribution in [-0.4, -0.2) is 31.7 Å². The van der Waals surface area contributed by atoms with Crippen LogP contribution in [-0.2, 0) is 26.0 Å². The zero-order valence-electron chi connectivity index (χ0n) is 19.9.